The molecular weight excluding hydrogens is 685 g/mol. The average molecular weight is 731 g/mol. The maximum atomic E-state index is 13.5. The van der Waals surface area contributed by atoms with Crippen molar-refractivity contribution in [3.05, 3.63) is 98.7 Å². The number of hydrogen-bond donors (Lipinski definition) is 3. The van der Waals surface area contributed by atoms with Crippen LogP contribution in [-0.2, 0) is 28.5 Å². The maximum absolute atomic E-state index is 13.5. The molecular formula is C37H45F3N4O6S. The number of amides is 2. The van der Waals surface area contributed by atoms with Gasteiger partial charge in [-0.15, -0.1) is 0 Å². The van der Waals surface area contributed by atoms with Gasteiger partial charge in [-0.3, -0.25) is 9.59 Å². The number of H-pyrrole nitrogens is 1. The number of aromatic amines is 1. The highest BCUT2D eigenvalue weighted by molar-refractivity contribution is 7.16. The second-order valence-electron chi connectivity index (χ2n) is 12.2. The average Bonchev–Trinajstić information content (AvgIpc) is 3.51. The van der Waals surface area contributed by atoms with Gasteiger partial charge in [0.1, 0.15) is 11.3 Å². The van der Waals surface area contributed by atoms with Crippen LogP contribution in [0.2, 0.25) is 0 Å². The number of alkyl halides is 3. The summed E-state index contributed by atoms with van der Waals surface area (Å²) in [5.74, 6) is -0.701. The quantitative estimate of drug-likeness (QED) is 0.0949. The zero-order chi connectivity index (χ0) is 37.0. The smallest absolute Gasteiger partial charge is 0.416 e. The first-order chi connectivity index (χ1) is 24.4. The lowest BCUT2D eigenvalue weighted by atomic mass is 9.91. The number of aromatic hydroxyl groups is 1. The van der Waals surface area contributed by atoms with Crippen LogP contribution in [-0.4, -0.2) is 101 Å². The summed E-state index contributed by atoms with van der Waals surface area (Å²) >= 11 is 0.958. The molecule has 276 valence electrons. The number of carboxylic acid groups (broad SMARTS) is 1. The molecule has 0 radical (unpaired) electrons. The number of fused-ring (bicyclic) bond motifs is 1. The number of likely N-dealkylation sites (N-methyl/N-ethyl adjacent to an activating group) is 1. The van der Waals surface area contributed by atoms with Crippen molar-refractivity contribution in [3.8, 4) is 5.75 Å². The number of halogens is 3. The van der Waals surface area contributed by atoms with Crippen LogP contribution in [0.15, 0.2) is 71.5 Å². The van der Waals surface area contributed by atoms with E-state index in [1.165, 1.54) is 23.1 Å². The SMILES string of the molecule is CCN(CC)CCN(CCN(CC(Cc1ccccc1)c1ccc(O)c2[nH]c(=O)sc12)C(=O)O)C(=O)CCOCCc1ccccc1C(F)(F)F. The van der Waals surface area contributed by atoms with Crippen molar-refractivity contribution in [2.45, 2.75) is 45.2 Å². The number of carbonyl (C=O) groups is 2. The number of thiazole rings is 1. The summed E-state index contributed by atoms with van der Waals surface area (Å²) in [4.78, 5) is 45.8. The Balaban J connectivity index is 1.46. The van der Waals surface area contributed by atoms with Gasteiger partial charge in [-0.25, -0.2) is 4.79 Å². The Labute approximate surface area is 299 Å². The van der Waals surface area contributed by atoms with Crippen LogP contribution < -0.4 is 4.87 Å². The molecule has 1 heterocycles. The lowest BCUT2D eigenvalue weighted by molar-refractivity contribution is -0.138. The van der Waals surface area contributed by atoms with E-state index in [2.05, 4.69) is 9.88 Å². The van der Waals surface area contributed by atoms with Gasteiger partial charge in [-0.05, 0) is 54.8 Å². The molecule has 0 saturated heterocycles. The molecule has 0 spiro atoms. The van der Waals surface area contributed by atoms with Crippen LogP contribution in [0.5, 0.6) is 5.75 Å². The van der Waals surface area contributed by atoms with Crippen LogP contribution in [0.4, 0.5) is 18.0 Å². The molecule has 1 atom stereocenters. The molecule has 10 nitrogen and oxygen atoms in total. The first-order valence-electron chi connectivity index (χ1n) is 17.0. The van der Waals surface area contributed by atoms with Gasteiger partial charge in [0, 0.05) is 38.6 Å². The lowest BCUT2D eigenvalue weighted by Gasteiger charge is -2.31. The molecule has 1 aromatic heterocycles. The molecule has 2 amide bonds. The Kier molecular flexibility index (Phi) is 14.5. The Morgan fingerprint density at radius 3 is 2.25 bits per heavy atom. The molecule has 4 aromatic rings. The molecule has 0 saturated carbocycles. The molecule has 0 aliphatic carbocycles. The van der Waals surface area contributed by atoms with Crippen LogP contribution in [0.3, 0.4) is 0 Å². The number of hydrogen-bond acceptors (Lipinski definition) is 7. The van der Waals surface area contributed by atoms with Gasteiger partial charge in [-0.1, -0.05) is 79.8 Å². The summed E-state index contributed by atoms with van der Waals surface area (Å²) in [7, 11) is 0. The minimum Gasteiger partial charge on any atom is -0.506 e. The summed E-state index contributed by atoms with van der Waals surface area (Å²) < 4.78 is 46.2. The monoisotopic (exact) mass is 730 g/mol. The highest BCUT2D eigenvalue weighted by atomic mass is 32.1. The number of ether oxygens (including phenoxy) is 1. The zero-order valence-corrected chi connectivity index (χ0v) is 29.6. The van der Waals surface area contributed by atoms with Crippen molar-refractivity contribution in [3.63, 3.8) is 0 Å². The molecule has 14 heteroatoms. The van der Waals surface area contributed by atoms with E-state index in [-0.39, 0.29) is 73.7 Å². The molecule has 3 aromatic carbocycles. The van der Waals surface area contributed by atoms with E-state index in [0.29, 0.717) is 29.7 Å². The number of nitrogens with zero attached hydrogens (tertiary/aromatic N) is 3. The normalized spacial score (nSPS) is 12.4. The molecule has 3 N–H and O–H groups in total. The van der Waals surface area contributed by atoms with E-state index >= 15 is 0 Å². The summed E-state index contributed by atoms with van der Waals surface area (Å²) in [5, 5.41) is 20.7. The fraction of sp³-hybridized carbons (Fsp3) is 0.432. The molecule has 0 fully saturated rings. The Hall–Kier alpha value is -4.40. The zero-order valence-electron chi connectivity index (χ0n) is 28.8. The number of phenols is 1. The van der Waals surface area contributed by atoms with Gasteiger partial charge < -0.3 is 34.6 Å². The van der Waals surface area contributed by atoms with E-state index in [4.69, 9.17) is 4.74 Å². The Bertz CT molecular complexity index is 1780. The van der Waals surface area contributed by atoms with Gasteiger partial charge in [0.25, 0.3) is 0 Å². The largest absolute Gasteiger partial charge is 0.506 e. The van der Waals surface area contributed by atoms with Crippen LogP contribution in [0.1, 0.15) is 48.4 Å². The van der Waals surface area contributed by atoms with Crippen molar-refractivity contribution >= 4 is 33.6 Å². The molecule has 4 rings (SSSR count). The predicted molar refractivity (Wildman–Crippen MR) is 192 cm³/mol. The predicted octanol–water partition coefficient (Wildman–Crippen LogP) is 6.44. The fourth-order valence-corrected chi connectivity index (χ4v) is 7.03. The number of phenolic OH excluding ortho intramolecular Hbond substituents is 1. The highest BCUT2D eigenvalue weighted by Crippen LogP contribution is 2.35. The fourth-order valence-electron chi connectivity index (χ4n) is 6.08. The van der Waals surface area contributed by atoms with E-state index in [9.17, 15) is 37.8 Å². The van der Waals surface area contributed by atoms with Crippen molar-refractivity contribution < 1.29 is 37.7 Å². The third kappa shape index (κ3) is 11.3. The van der Waals surface area contributed by atoms with E-state index in [1.807, 2.05) is 44.2 Å². The molecule has 51 heavy (non-hydrogen) atoms. The molecule has 1 unspecified atom stereocenters. The Morgan fingerprint density at radius 2 is 1.57 bits per heavy atom. The third-order valence-corrected chi connectivity index (χ3v) is 9.87. The van der Waals surface area contributed by atoms with Gasteiger partial charge >= 0.3 is 17.1 Å². The lowest BCUT2D eigenvalue weighted by Crippen LogP contribution is -2.45. The molecule has 0 bridgehead atoms. The number of carbonyl (C=O) groups excluding carboxylic acids is 1. The van der Waals surface area contributed by atoms with E-state index in [0.717, 1.165) is 41.6 Å². The standard InChI is InChI=1S/C37H45F3N4O6S/c1-3-42(4-2)18-19-43(32(46)17-23-50-22-16-27-12-8-9-13-30(27)37(38,39)40)20-21-44(36(48)49)25-28(24-26-10-6-5-7-11-26)29-14-15-31(45)33-34(29)51-35(47)41-33/h5-15,28,45H,3-4,16-25H2,1-2H3,(H,41,47)(H,48,49). The second-order valence-corrected chi connectivity index (χ2v) is 13.2. The number of rotatable bonds is 19. The topological polar surface area (TPSA) is 126 Å². The van der Waals surface area contributed by atoms with Gasteiger partial charge in [-0.2, -0.15) is 13.2 Å². The summed E-state index contributed by atoms with van der Waals surface area (Å²) in [6.07, 6.45) is -5.14. The van der Waals surface area contributed by atoms with Crippen molar-refractivity contribution in [2.24, 2.45) is 0 Å². The summed E-state index contributed by atoms with van der Waals surface area (Å²) in [6.45, 7) is 6.73. The van der Waals surface area contributed by atoms with Gasteiger partial charge in [0.05, 0.1) is 29.9 Å². The van der Waals surface area contributed by atoms with Crippen molar-refractivity contribution in [1.82, 2.24) is 19.7 Å². The van der Waals surface area contributed by atoms with Gasteiger partial charge in [0.2, 0.25) is 5.91 Å². The van der Waals surface area contributed by atoms with Crippen LogP contribution in [0.25, 0.3) is 10.2 Å². The second kappa shape index (κ2) is 18.7. The molecule has 0 aliphatic heterocycles. The Morgan fingerprint density at radius 1 is 0.902 bits per heavy atom. The van der Waals surface area contributed by atoms with Gasteiger partial charge in [0.15, 0.2) is 0 Å². The minimum absolute atomic E-state index is 0.00691. The van der Waals surface area contributed by atoms with Crippen LogP contribution in [0, 0.1) is 0 Å². The summed E-state index contributed by atoms with van der Waals surface area (Å²) in [6, 6.07) is 18.1. The summed E-state index contributed by atoms with van der Waals surface area (Å²) in [5.41, 5.74) is 1.41. The van der Waals surface area contributed by atoms with E-state index < -0.39 is 17.8 Å². The number of benzene rings is 3. The van der Waals surface area contributed by atoms with E-state index in [1.54, 1.807) is 17.0 Å². The highest BCUT2D eigenvalue weighted by Gasteiger charge is 2.32. The first-order valence-corrected chi connectivity index (χ1v) is 17.8. The molecule has 0 aliphatic rings. The van der Waals surface area contributed by atoms with Crippen LogP contribution >= 0.6 is 11.3 Å². The van der Waals surface area contributed by atoms with Crippen molar-refractivity contribution in [2.75, 3.05) is 59.0 Å². The number of aromatic nitrogens is 1. The minimum atomic E-state index is -4.47. The number of nitrogens with one attached hydrogen (secondary N) is 1. The third-order valence-electron chi connectivity index (χ3n) is 8.94. The van der Waals surface area contributed by atoms with Crippen molar-refractivity contribution in [1.29, 1.82) is 0 Å². The maximum Gasteiger partial charge on any atom is 0.416 e. The first kappa shape index (κ1) is 39.4.